The van der Waals surface area contributed by atoms with Crippen molar-refractivity contribution in [2.75, 3.05) is 19.7 Å². The first-order chi connectivity index (χ1) is 14.6. The lowest BCUT2D eigenvalue weighted by Crippen LogP contribution is -2.29. The fourth-order valence-electron chi connectivity index (χ4n) is 3.54. The van der Waals surface area contributed by atoms with Crippen LogP contribution in [-0.2, 0) is 11.2 Å². The summed E-state index contributed by atoms with van der Waals surface area (Å²) in [6.45, 7) is 3.53. The van der Waals surface area contributed by atoms with Gasteiger partial charge in [0, 0.05) is 50.2 Å². The van der Waals surface area contributed by atoms with Gasteiger partial charge >= 0.3 is 0 Å². The molecule has 1 fully saturated rings. The van der Waals surface area contributed by atoms with E-state index in [4.69, 9.17) is 9.26 Å². The van der Waals surface area contributed by atoms with E-state index in [1.54, 1.807) is 17.2 Å². The van der Waals surface area contributed by atoms with Crippen LogP contribution in [0.1, 0.15) is 37.3 Å². The van der Waals surface area contributed by atoms with Gasteiger partial charge in [0.05, 0.1) is 18.0 Å². The van der Waals surface area contributed by atoms with Gasteiger partial charge in [-0.15, -0.1) is 0 Å². The number of nitrogens with zero attached hydrogens (tertiary/aromatic N) is 4. The van der Waals surface area contributed by atoms with Gasteiger partial charge in [-0.2, -0.15) is 0 Å². The van der Waals surface area contributed by atoms with E-state index in [-0.39, 0.29) is 17.4 Å². The number of aromatic nitrogens is 4. The van der Waals surface area contributed by atoms with E-state index >= 15 is 0 Å². The molecule has 3 aromatic rings. The van der Waals surface area contributed by atoms with Gasteiger partial charge in [-0.3, -0.25) is 14.6 Å². The first-order valence-corrected chi connectivity index (χ1v) is 10.0. The molecule has 0 spiro atoms. The van der Waals surface area contributed by atoms with Crippen molar-refractivity contribution in [1.82, 2.24) is 25.0 Å². The van der Waals surface area contributed by atoms with Crippen LogP contribution in [-0.4, -0.2) is 50.6 Å². The van der Waals surface area contributed by atoms with Crippen LogP contribution in [0.3, 0.4) is 0 Å². The van der Waals surface area contributed by atoms with E-state index < -0.39 is 0 Å². The number of nitrogens with one attached hydrogen (secondary N) is 1. The molecule has 1 amide bonds. The molecule has 4 heterocycles. The summed E-state index contributed by atoms with van der Waals surface area (Å²) < 4.78 is 10.5. The molecule has 4 rings (SSSR count). The molecule has 3 aromatic heterocycles. The molecular weight excluding hydrogens is 386 g/mol. The lowest BCUT2D eigenvalue weighted by Gasteiger charge is -2.16. The number of hydrogen-bond donors (Lipinski definition) is 1. The summed E-state index contributed by atoms with van der Waals surface area (Å²) >= 11 is 0. The summed E-state index contributed by atoms with van der Waals surface area (Å²) in [7, 11) is 0. The van der Waals surface area contributed by atoms with Gasteiger partial charge < -0.3 is 19.1 Å². The third-order valence-corrected chi connectivity index (χ3v) is 5.03. The van der Waals surface area contributed by atoms with Crippen LogP contribution in [0.15, 0.2) is 45.8 Å². The first kappa shape index (κ1) is 19.8. The standard InChI is InChI=1S/C21H23N5O4/c1-2-29-19-11-15(30-25-19)6-7-20(28)26-10-8-14(13-26)21-23-17(12-18(27)24-21)16-5-3-4-9-22-16/h3-5,9,11-12,14H,2,6-8,10,13H2,1H3,(H,23,24,27)/t14-/m1/s1. The average molecular weight is 409 g/mol. The lowest BCUT2D eigenvalue weighted by molar-refractivity contribution is -0.130. The van der Waals surface area contributed by atoms with Crippen molar-refractivity contribution in [2.45, 2.75) is 32.1 Å². The molecule has 1 atom stereocenters. The summed E-state index contributed by atoms with van der Waals surface area (Å²) in [5, 5.41) is 3.81. The maximum atomic E-state index is 12.6. The summed E-state index contributed by atoms with van der Waals surface area (Å²) in [4.78, 5) is 38.2. The molecule has 156 valence electrons. The predicted octanol–water partition coefficient (Wildman–Crippen LogP) is 2.17. The molecular formula is C21H23N5O4. The Kier molecular flexibility index (Phi) is 5.87. The van der Waals surface area contributed by atoms with Crippen molar-refractivity contribution in [3.8, 4) is 17.3 Å². The van der Waals surface area contributed by atoms with Gasteiger partial charge in [-0.05, 0) is 30.6 Å². The molecule has 0 unspecified atom stereocenters. The van der Waals surface area contributed by atoms with Crippen LogP contribution in [0.4, 0.5) is 0 Å². The van der Waals surface area contributed by atoms with Crippen LogP contribution in [0.2, 0.25) is 0 Å². The van der Waals surface area contributed by atoms with Gasteiger partial charge in [0.25, 0.3) is 11.4 Å². The minimum absolute atomic E-state index is 0.0138. The van der Waals surface area contributed by atoms with Crippen molar-refractivity contribution in [3.63, 3.8) is 0 Å². The molecule has 30 heavy (non-hydrogen) atoms. The number of hydrogen-bond acceptors (Lipinski definition) is 7. The highest BCUT2D eigenvalue weighted by Gasteiger charge is 2.29. The zero-order valence-electron chi connectivity index (χ0n) is 16.7. The number of aromatic amines is 1. The Morgan fingerprint density at radius 3 is 3.03 bits per heavy atom. The van der Waals surface area contributed by atoms with E-state index in [0.29, 0.717) is 61.4 Å². The van der Waals surface area contributed by atoms with Crippen LogP contribution < -0.4 is 10.3 Å². The minimum Gasteiger partial charge on any atom is -0.476 e. The normalized spacial score (nSPS) is 16.0. The monoisotopic (exact) mass is 409 g/mol. The number of pyridine rings is 1. The fraction of sp³-hybridized carbons (Fsp3) is 0.381. The second-order valence-electron chi connectivity index (χ2n) is 7.12. The summed E-state index contributed by atoms with van der Waals surface area (Å²) in [6.07, 6.45) is 3.20. The third-order valence-electron chi connectivity index (χ3n) is 5.03. The van der Waals surface area contributed by atoms with Gasteiger partial charge in [0.15, 0.2) is 0 Å². The zero-order valence-corrected chi connectivity index (χ0v) is 16.7. The second kappa shape index (κ2) is 8.89. The van der Waals surface area contributed by atoms with Crippen LogP contribution >= 0.6 is 0 Å². The highest BCUT2D eigenvalue weighted by molar-refractivity contribution is 5.76. The van der Waals surface area contributed by atoms with E-state index in [9.17, 15) is 9.59 Å². The molecule has 9 nitrogen and oxygen atoms in total. The number of ether oxygens (including phenoxy) is 1. The largest absolute Gasteiger partial charge is 0.476 e. The molecule has 1 saturated heterocycles. The van der Waals surface area contributed by atoms with E-state index in [1.165, 1.54) is 6.07 Å². The van der Waals surface area contributed by atoms with Gasteiger partial charge in [0.2, 0.25) is 5.91 Å². The lowest BCUT2D eigenvalue weighted by atomic mass is 10.1. The van der Waals surface area contributed by atoms with Crippen LogP contribution in [0.5, 0.6) is 5.88 Å². The van der Waals surface area contributed by atoms with Crippen molar-refractivity contribution in [1.29, 1.82) is 0 Å². The average Bonchev–Trinajstić information content (AvgIpc) is 3.42. The summed E-state index contributed by atoms with van der Waals surface area (Å²) in [5.74, 6) is 1.67. The second-order valence-corrected chi connectivity index (χ2v) is 7.12. The van der Waals surface area contributed by atoms with Crippen molar-refractivity contribution in [3.05, 3.63) is 58.5 Å². The van der Waals surface area contributed by atoms with Gasteiger partial charge in [0.1, 0.15) is 11.6 Å². The SMILES string of the molecule is CCOc1cc(CCC(=O)N2CC[C@@H](c3nc(-c4ccccn4)cc(=O)[nH]3)C2)on1. The molecule has 0 bridgehead atoms. The smallest absolute Gasteiger partial charge is 0.254 e. The Balaban J connectivity index is 1.38. The molecule has 0 aliphatic carbocycles. The highest BCUT2D eigenvalue weighted by atomic mass is 16.5. The topological polar surface area (TPSA) is 114 Å². The van der Waals surface area contributed by atoms with Crippen molar-refractivity contribution in [2.24, 2.45) is 0 Å². The molecule has 9 heteroatoms. The number of carbonyl (C=O) groups excluding carboxylic acids is 1. The number of rotatable bonds is 7. The Bertz CT molecular complexity index is 1060. The van der Waals surface area contributed by atoms with Crippen molar-refractivity contribution >= 4 is 5.91 Å². The quantitative estimate of drug-likeness (QED) is 0.636. The summed E-state index contributed by atoms with van der Waals surface area (Å²) in [6, 6.07) is 8.64. The Morgan fingerprint density at radius 1 is 1.33 bits per heavy atom. The maximum Gasteiger partial charge on any atom is 0.254 e. The number of carbonyl (C=O) groups is 1. The van der Waals surface area contributed by atoms with E-state index in [2.05, 4.69) is 20.1 Å². The minimum atomic E-state index is -0.221. The van der Waals surface area contributed by atoms with Crippen LogP contribution in [0, 0.1) is 0 Å². The van der Waals surface area contributed by atoms with Gasteiger partial charge in [-0.25, -0.2) is 4.98 Å². The molecule has 1 N–H and O–H groups in total. The molecule has 0 radical (unpaired) electrons. The van der Waals surface area contributed by atoms with E-state index in [0.717, 1.165) is 6.42 Å². The number of H-pyrrole nitrogens is 1. The maximum absolute atomic E-state index is 12.6. The highest BCUT2D eigenvalue weighted by Crippen LogP contribution is 2.26. The molecule has 0 saturated carbocycles. The molecule has 1 aliphatic rings. The number of aryl methyl sites for hydroxylation is 1. The number of likely N-dealkylation sites (tertiary alicyclic amines) is 1. The Hall–Kier alpha value is -3.49. The van der Waals surface area contributed by atoms with E-state index in [1.807, 2.05) is 25.1 Å². The molecule has 1 aliphatic heterocycles. The van der Waals surface area contributed by atoms with Gasteiger partial charge in [-0.1, -0.05) is 6.07 Å². The van der Waals surface area contributed by atoms with Crippen LogP contribution in [0.25, 0.3) is 11.4 Å². The Labute approximate surface area is 173 Å². The van der Waals surface area contributed by atoms with Crippen molar-refractivity contribution < 1.29 is 14.1 Å². The Morgan fingerprint density at radius 2 is 2.23 bits per heavy atom. The number of amides is 1. The first-order valence-electron chi connectivity index (χ1n) is 10.0. The zero-order chi connectivity index (χ0) is 20.9. The predicted molar refractivity (Wildman–Crippen MR) is 108 cm³/mol. The summed E-state index contributed by atoms with van der Waals surface area (Å²) in [5.41, 5.74) is 0.963. The molecule has 0 aromatic carbocycles. The fourth-order valence-corrected chi connectivity index (χ4v) is 3.54. The third kappa shape index (κ3) is 4.56.